The van der Waals surface area contributed by atoms with Crippen LogP contribution >= 0.6 is 0 Å². The van der Waals surface area contributed by atoms with Gasteiger partial charge in [-0.3, -0.25) is 4.90 Å². The second kappa shape index (κ2) is 10.3. The molecule has 0 N–H and O–H groups in total. The molecule has 0 spiro atoms. The summed E-state index contributed by atoms with van der Waals surface area (Å²) in [6.45, 7) is 1.02. The summed E-state index contributed by atoms with van der Waals surface area (Å²) < 4.78 is 11.4. The Bertz CT molecular complexity index is 1230. The molecule has 0 aromatic heterocycles. The maximum absolute atomic E-state index is 13.6. The Balaban J connectivity index is 1.22. The lowest BCUT2D eigenvalue weighted by atomic mass is 9.96. The number of fused-ring (bicyclic) bond motifs is 4. The van der Waals surface area contributed by atoms with Crippen molar-refractivity contribution in [2.24, 2.45) is 0 Å². The predicted octanol–water partition coefficient (Wildman–Crippen LogP) is 5.15. The van der Waals surface area contributed by atoms with Crippen LogP contribution in [0.5, 0.6) is 0 Å². The van der Waals surface area contributed by atoms with Gasteiger partial charge in [-0.1, -0.05) is 84.9 Å². The Morgan fingerprint density at radius 1 is 0.649 bits per heavy atom. The van der Waals surface area contributed by atoms with Gasteiger partial charge in [-0.2, -0.15) is 5.01 Å². The molecule has 3 saturated heterocycles. The van der Waals surface area contributed by atoms with E-state index in [2.05, 4.69) is 29.2 Å². The quantitative estimate of drug-likeness (QED) is 0.488. The lowest BCUT2D eigenvalue weighted by Crippen LogP contribution is -2.74. The van der Waals surface area contributed by atoms with Gasteiger partial charge in [0.15, 0.2) is 0 Å². The first-order valence-corrected chi connectivity index (χ1v) is 13.0. The highest BCUT2D eigenvalue weighted by Crippen LogP contribution is 2.38. The van der Waals surface area contributed by atoms with Gasteiger partial charge in [0.05, 0.1) is 6.04 Å². The second-order valence-corrected chi connectivity index (χ2v) is 10.0. The van der Waals surface area contributed by atoms with E-state index >= 15 is 0 Å². The van der Waals surface area contributed by atoms with Crippen molar-refractivity contribution < 1.29 is 19.1 Å². The highest BCUT2D eigenvalue weighted by Gasteiger charge is 2.52. The van der Waals surface area contributed by atoms with Crippen molar-refractivity contribution in [2.45, 2.75) is 57.1 Å². The summed E-state index contributed by atoms with van der Waals surface area (Å²) in [5.41, 5.74) is 4.54. The Labute approximate surface area is 217 Å². The molecule has 2 bridgehead atoms. The molecule has 3 aliphatic heterocycles. The first kappa shape index (κ1) is 23.6. The molecule has 190 valence electrons. The summed E-state index contributed by atoms with van der Waals surface area (Å²) in [7, 11) is 0. The van der Waals surface area contributed by atoms with E-state index in [0.717, 1.165) is 36.8 Å². The number of amides is 2. The molecule has 3 aromatic rings. The van der Waals surface area contributed by atoms with Crippen LogP contribution in [-0.4, -0.2) is 51.9 Å². The average Bonchev–Trinajstić information content (AvgIpc) is 3.40. The summed E-state index contributed by atoms with van der Waals surface area (Å²) in [6.07, 6.45) is 2.23. The molecule has 1 aliphatic carbocycles. The number of hydrogen-bond acceptors (Lipinski definition) is 5. The van der Waals surface area contributed by atoms with Crippen LogP contribution in [0, 0.1) is 0 Å². The SMILES string of the molecule is O=C(OCc1ccccc1)N1C2CCC(N(C3Cc4ccccc4C3)C2)N1C(=O)OCc1ccccc1. The molecule has 2 unspecified atom stereocenters. The van der Waals surface area contributed by atoms with Crippen LogP contribution in [0.2, 0.25) is 0 Å². The van der Waals surface area contributed by atoms with Crippen molar-refractivity contribution in [2.75, 3.05) is 6.54 Å². The zero-order valence-corrected chi connectivity index (χ0v) is 20.7. The standard InChI is InChI=1S/C30H31N3O4/c34-29(36-20-22-9-3-1-4-10-22)32-26-15-16-28(33(32)30(35)37-21-23-11-5-2-6-12-23)31(19-26)27-17-24-13-7-8-14-25(24)18-27/h1-14,26-28H,15-21H2. The summed E-state index contributed by atoms with van der Waals surface area (Å²) in [5, 5.41) is 3.04. The summed E-state index contributed by atoms with van der Waals surface area (Å²) in [4.78, 5) is 29.4. The van der Waals surface area contributed by atoms with E-state index in [-0.39, 0.29) is 31.5 Å². The maximum atomic E-state index is 13.6. The van der Waals surface area contributed by atoms with Gasteiger partial charge in [0.1, 0.15) is 19.4 Å². The Morgan fingerprint density at radius 3 is 1.73 bits per heavy atom. The minimum absolute atomic E-state index is 0.148. The zero-order chi connectivity index (χ0) is 25.2. The molecule has 2 amide bonds. The third-order valence-corrected chi connectivity index (χ3v) is 7.71. The Hall–Kier alpha value is -3.84. The van der Waals surface area contributed by atoms with Crippen LogP contribution in [0.15, 0.2) is 84.9 Å². The molecular formula is C30H31N3O4. The van der Waals surface area contributed by atoms with Gasteiger partial charge in [0.25, 0.3) is 0 Å². The number of ether oxygens (including phenoxy) is 2. The molecule has 0 saturated carbocycles. The fraction of sp³-hybridized carbons (Fsp3) is 0.333. The predicted molar refractivity (Wildman–Crippen MR) is 138 cm³/mol. The van der Waals surface area contributed by atoms with Crippen molar-refractivity contribution in [3.63, 3.8) is 0 Å². The van der Waals surface area contributed by atoms with Gasteiger partial charge < -0.3 is 9.47 Å². The van der Waals surface area contributed by atoms with Crippen molar-refractivity contribution in [1.29, 1.82) is 0 Å². The number of piperidine rings is 1. The topological polar surface area (TPSA) is 62.3 Å². The molecule has 7 rings (SSSR count). The summed E-state index contributed by atoms with van der Waals surface area (Å²) in [6, 6.07) is 27.9. The van der Waals surface area contributed by atoms with Gasteiger partial charge in [-0.15, -0.1) is 0 Å². The van der Waals surface area contributed by atoms with Crippen molar-refractivity contribution >= 4 is 12.2 Å². The number of hydrazine groups is 1. The van der Waals surface area contributed by atoms with Crippen molar-refractivity contribution in [3.8, 4) is 0 Å². The lowest BCUT2D eigenvalue weighted by Gasteiger charge is -2.57. The van der Waals surface area contributed by atoms with Crippen molar-refractivity contribution in [3.05, 3.63) is 107 Å². The van der Waals surface area contributed by atoms with Crippen LogP contribution in [0.4, 0.5) is 9.59 Å². The molecule has 3 aromatic carbocycles. The Kier molecular flexibility index (Phi) is 6.53. The van der Waals surface area contributed by atoms with E-state index < -0.39 is 12.2 Å². The van der Waals surface area contributed by atoms with Gasteiger partial charge in [-0.25, -0.2) is 14.6 Å². The van der Waals surface area contributed by atoms with Gasteiger partial charge in [-0.05, 0) is 47.9 Å². The smallest absolute Gasteiger partial charge is 0.430 e. The number of nitrogens with zero attached hydrogens (tertiary/aromatic N) is 3. The van der Waals surface area contributed by atoms with E-state index in [0.29, 0.717) is 6.54 Å². The van der Waals surface area contributed by atoms with E-state index in [9.17, 15) is 9.59 Å². The highest BCUT2D eigenvalue weighted by atomic mass is 16.6. The minimum Gasteiger partial charge on any atom is -0.443 e. The van der Waals surface area contributed by atoms with Gasteiger partial charge in [0, 0.05) is 12.6 Å². The average molecular weight is 498 g/mol. The van der Waals surface area contributed by atoms with Crippen LogP contribution in [-0.2, 0) is 35.5 Å². The van der Waals surface area contributed by atoms with Crippen LogP contribution in [0.3, 0.4) is 0 Å². The van der Waals surface area contributed by atoms with Gasteiger partial charge >= 0.3 is 12.2 Å². The molecule has 7 heteroatoms. The first-order valence-electron chi connectivity index (χ1n) is 13.0. The number of carbonyl (C=O) groups is 2. The summed E-state index contributed by atoms with van der Waals surface area (Å²) in [5.74, 6) is 0. The van der Waals surface area contributed by atoms with E-state index in [1.165, 1.54) is 21.1 Å². The van der Waals surface area contributed by atoms with Crippen LogP contribution in [0.25, 0.3) is 0 Å². The molecule has 3 heterocycles. The fourth-order valence-electron chi connectivity index (χ4n) is 5.93. The van der Waals surface area contributed by atoms with Crippen LogP contribution < -0.4 is 0 Å². The fourth-order valence-corrected chi connectivity index (χ4v) is 5.93. The van der Waals surface area contributed by atoms with Crippen molar-refractivity contribution in [1.82, 2.24) is 14.9 Å². The first-order chi connectivity index (χ1) is 18.2. The third-order valence-electron chi connectivity index (χ3n) is 7.71. The molecule has 2 atom stereocenters. The molecule has 3 fully saturated rings. The number of benzene rings is 3. The maximum Gasteiger partial charge on any atom is 0.430 e. The van der Waals surface area contributed by atoms with E-state index in [1.807, 2.05) is 60.7 Å². The molecule has 37 heavy (non-hydrogen) atoms. The molecular weight excluding hydrogens is 466 g/mol. The largest absolute Gasteiger partial charge is 0.443 e. The normalized spacial score (nSPS) is 21.1. The number of hydrogen-bond donors (Lipinski definition) is 0. The second-order valence-electron chi connectivity index (χ2n) is 10.0. The zero-order valence-electron chi connectivity index (χ0n) is 20.7. The molecule has 0 radical (unpaired) electrons. The third kappa shape index (κ3) is 4.79. The van der Waals surface area contributed by atoms with Crippen LogP contribution in [0.1, 0.15) is 35.1 Å². The highest BCUT2D eigenvalue weighted by molar-refractivity contribution is 5.75. The lowest BCUT2D eigenvalue weighted by molar-refractivity contribution is -0.189. The van der Waals surface area contributed by atoms with Gasteiger partial charge in [0.2, 0.25) is 0 Å². The number of rotatable bonds is 5. The molecule has 4 aliphatic rings. The number of carbonyl (C=O) groups excluding carboxylic acids is 2. The summed E-state index contributed by atoms with van der Waals surface area (Å²) >= 11 is 0. The van der Waals surface area contributed by atoms with E-state index in [4.69, 9.17) is 9.47 Å². The Morgan fingerprint density at radius 2 is 1.16 bits per heavy atom. The molecule has 7 nitrogen and oxygen atoms in total. The minimum atomic E-state index is -0.518. The monoisotopic (exact) mass is 497 g/mol. The van der Waals surface area contributed by atoms with E-state index in [1.54, 1.807) is 0 Å².